The number of piperidine rings is 1. The topological polar surface area (TPSA) is 91.0 Å². The Balaban J connectivity index is 1.76. The lowest BCUT2D eigenvalue weighted by molar-refractivity contribution is -0.124. The van der Waals surface area contributed by atoms with Crippen LogP contribution in [0.2, 0.25) is 0 Å². The number of amides is 1. The average Bonchev–Trinajstić information content (AvgIpc) is 3.26. The number of nitrogens with one attached hydrogen (secondary N) is 1. The van der Waals surface area contributed by atoms with Crippen LogP contribution in [0.1, 0.15) is 32.6 Å². The third kappa shape index (κ3) is 3.00. The van der Waals surface area contributed by atoms with Gasteiger partial charge in [-0.1, -0.05) is 12.1 Å². The van der Waals surface area contributed by atoms with Gasteiger partial charge >= 0.3 is 0 Å². The minimum absolute atomic E-state index is 0.0470. The van der Waals surface area contributed by atoms with Crippen molar-refractivity contribution in [3.63, 3.8) is 0 Å². The number of rotatable bonds is 5. The summed E-state index contributed by atoms with van der Waals surface area (Å²) in [6.07, 6.45) is 3.63. The van der Waals surface area contributed by atoms with E-state index in [4.69, 9.17) is 10.9 Å². The van der Waals surface area contributed by atoms with E-state index in [-0.39, 0.29) is 11.7 Å². The highest BCUT2D eigenvalue weighted by atomic mass is 16.4. The summed E-state index contributed by atoms with van der Waals surface area (Å²) >= 11 is 0. The molecule has 0 spiro atoms. The van der Waals surface area contributed by atoms with Gasteiger partial charge in [0.2, 0.25) is 5.91 Å². The maximum Gasteiger partial charge on any atom is 0.233 e. The molecule has 4 N–H and O–H groups in total. The Morgan fingerprint density at radius 3 is 2.58 bits per heavy atom. The van der Waals surface area contributed by atoms with Crippen molar-refractivity contribution in [2.24, 2.45) is 22.2 Å². The number of nitrogens with zero attached hydrogens (tertiary/aromatic N) is 2. The molecule has 2 aliphatic rings. The van der Waals surface area contributed by atoms with Gasteiger partial charge in [0.05, 0.1) is 0 Å². The second-order valence-corrected chi connectivity index (χ2v) is 5.66. The molecule has 2 rings (SSSR count). The largest absolute Gasteiger partial charge is 0.409 e. The summed E-state index contributed by atoms with van der Waals surface area (Å²) in [6, 6.07) is 0. The minimum Gasteiger partial charge on any atom is -0.409 e. The number of nitrogens with two attached hydrogens (primary N) is 1. The van der Waals surface area contributed by atoms with Gasteiger partial charge < -0.3 is 21.2 Å². The summed E-state index contributed by atoms with van der Waals surface area (Å²) in [7, 11) is 0. The molecule has 1 saturated heterocycles. The van der Waals surface area contributed by atoms with Gasteiger partial charge in [0, 0.05) is 6.54 Å². The average molecular weight is 268 g/mol. The number of amidine groups is 1. The molecule has 0 radical (unpaired) electrons. The Bertz CT molecular complexity index is 358. The third-order valence-corrected chi connectivity index (χ3v) is 4.49. The predicted octanol–water partition coefficient (Wildman–Crippen LogP) is 0.361. The van der Waals surface area contributed by atoms with Gasteiger partial charge in [-0.3, -0.25) is 4.79 Å². The van der Waals surface area contributed by atoms with Crippen molar-refractivity contribution in [2.75, 3.05) is 26.2 Å². The van der Waals surface area contributed by atoms with Crippen LogP contribution < -0.4 is 11.1 Å². The van der Waals surface area contributed by atoms with E-state index >= 15 is 0 Å². The highest BCUT2D eigenvalue weighted by Crippen LogP contribution is 2.46. The van der Waals surface area contributed by atoms with Gasteiger partial charge in [-0.15, -0.1) is 0 Å². The van der Waals surface area contributed by atoms with Gasteiger partial charge in [0.15, 0.2) is 5.84 Å². The zero-order valence-electron chi connectivity index (χ0n) is 11.6. The molecule has 0 atom stereocenters. The molecule has 1 aliphatic carbocycles. The first-order chi connectivity index (χ1) is 9.12. The highest BCUT2D eigenvalue weighted by molar-refractivity contribution is 6.09. The van der Waals surface area contributed by atoms with E-state index in [1.54, 1.807) is 0 Å². The molecule has 6 nitrogen and oxygen atoms in total. The van der Waals surface area contributed by atoms with Gasteiger partial charge in [-0.25, -0.2) is 0 Å². The van der Waals surface area contributed by atoms with Crippen LogP contribution in [-0.4, -0.2) is 48.0 Å². The molecule has 1 heterocycles. The summed E-state index contributed by atoms with van der Waals surface area (Å²) in [5, 5.41) is 14.7. The van der Waals surface area contributed by atoms with Gasteiger partial charge in [0.25, 0.3) is 0 Å². The molecule has 1 amide bonds. The standard InChI is InChI=1S/C13H24N4O2/c1-2-17-7-3-10(4-8-17)9-15-12(18)13(5-6-13)11(14)16-19/h10,19H,2-9H2,1H3,(H2,14,16)(H,15,18). The molecule has 2 fully saturated rings. The minimum atomic E-state index is -0.723. The Morgan fingerprint density at radius 1 is 1.47 bits per heavy atom. The van der Waals surface area contributed by atoms with Crippen LogP contribution in [0.4, 0.5) is 0 Å². The van der Waals surface area contributed by atoms with Gasteiger partial charge in [0.1, 0.15) is 5.41 Å². The van der Waals surface area contributed by atoms with E-state index < -0.39 is 5.41 Å². The quantitative estimate of drug-likeness (QED) is 0.291. The second kappa shape index (κ2) is 5.77. The van der Waals surface area contributed by atoms with E-state index in [0.717, 1.165) is 32.5 Å². The zero-order valence-corrected chi connectivity index (χ0v) is 11.6. The zero-order chi connectivity index (χ0) is 13.9. The number of hydrogen-bond acceptors (Lipinski definition) is 4. The lowest BCUT2D eigenvalue weighted by Crippen LogP contribution is -2.44. The molecular formula is C13H24N4O2. The fourth-order valence-electron chi connectivity index (χ4n) is 2.73. The number of hydrogen-bond donors (Lipinski definition) is 3. The Kier molecular flexibility index (Phi) is 4.29. The maximum absolute atomic E-state index is 12.1. The molecule has 0 aromatic carbocycles. The summed E-state index contributed by atoms with van der Waals surface area (Å²) in [5.74, 6) is 0.515. The van der Waals surface area contributed by atoms with Crippen LogP contribution in [0.15, 0.2) is 5.16 Å². The summed E-state index contributed by atoms with van der Waals surface area (Å²) < 4.78 is 0. The predicted molar refractivity (Wildman–Crippen MR) is 72.9 cm³/mol. The van der Waals surface area contributed by atoms with E-state index in [1.807, 2.05) is 0 Å². The Hall–Kier alpha value is -1.30. The van der Waals surface area contributed by atoms with Crippen molar-refractivity contribution in [1.82, 2.24) is 10.2 Å². The summed E-state index contributed by atoms with van der Waals surface area (Å²) in [4.78, 5) is 14.5. The fourth-order valence-corrected chi connectivity index (χ4v) is 2.73. The SMILES string of the molecule is CCN1CCC(CNC(=O)C2(C(N)=NO)CC2)CC1. The molecule has 0 unspecified atom stereocenters. The van der Waals surface area contributed by atoms with Gasteiger partial charge in [-0.05, 0) is 51.2 Å². The molecule has 1 saturated carbocycles. The van der Waals surface area contributed by atoms with Crippen LogP contribution in [0.25, 0.3) is 0 Å². The Morgan fingerprint density at radius 2 is 2.11 bits per heavy atom. The van der Waals surface area contributed by atoms with Crippen molar-refractivity contribution in [1.29, 1.82) is 0 Å². The van der Waals surface area contributed by atoms with Crippen molar-refractivity contribution in [3.8, 4) is 0 Å². The number of likely N-dealkylation sites (tertiary alicyclic amines) is 1. The first kappa shape index (κ1) is 14.1. The molecular weight excluding hydrogens is 244 g/mol. The third-order valence-electron chi connectivity index (χ3n) is 4.49. The van der Waals surface area contributed by atoms with Crippen molar-refractivity contribution < 1.29 is 10.0 Å². The Labute approximate surface area is 114 Å². The van der Waals surface area contributed by atoms with Crippen LogP contribution in [0.3, 0.4) is 0 Å². The van der Waals surface area contributed by atoms with Crippen molar-refractivity contribution in [2.45, 2.75) is 32.6 Å². The number of carbonyl (C=O) groups is 1. The van der Waals surface area contributed by atoms with E-state index in [2.05, 4.69) is 22.3 Å². The molecule has 0 aromatic rings. The van der Waals surface area contributed by atoms with Crippen LogP contribution in [-0.2, 0) is 4.79 Å². The highest BCUT2D eigenvalue weighted by Gasteiger charge is 2.54. The maximum atomic E-state index is 12.1. The second-order valence-electron chi connectivity index (χ2n) is 5.66. The number of carbonyl (C=O) groups excluding carboxylic acids is 1. The molecule has 0 bridgehead atoms. The lowest BCUT2D eigenvalue weighted by Gasteiger charge is -2.31. The summed E-state index contributed by atoms with van der Waals surface area (Å²) in [5.41, 5.74) is 4.87. The van der Waals surface area contributed by atoms with Gasteiger partial charge in [-0.2, -0.15) is 0 Å². The smallest absolute Gasteiger partial charge is 0.233 e. The molecule has 19 heavy (non-hydrogen) atoms. The normalized spacial score (nSPS) is 24.2. The lowest BCUT2D eigenvalue weighted by atomic mass is 9.96. The van der Waals surface area contributed by atoms with Crippen molar-refractivity contribution >= 4 is 11.7 Å². The van der Waals surface area contributed by atoms with Crippen LogP contribution in [0.5, 0.6) is 0 Å². The van der Waals surface area contributed by atoms with E-state index in [9.17, 15) is 4.79 Å². The monoisotopic (exact) mass is 268 g/mol. The molecule has 0 aromatic heterocycles. The number of oxime groups is 1. The van der Waals surface area contributed by atoms with Crippen LogP contribution >= 0.6 is 0 Å². The molecule has 108 valence electrons. The summed E-state index contributed by atoms with van der Waals surface area (Å²) in [6.45, 7) is 6.21. The van der Waals surface area contributed by atoms with Crippen LogP contribution in [0, 0.1) is 11.3 Å². The molecule has 1 aliphatic heterocycles. The first-order valence-corrected chi connectivity index (χ1v) is 7.11. The van der Waals surface area contributed by atoms with E-state index in [1.165, 1.54) is 0 Å². The first-order valence-electron chi connectivity index (χ1n) is 7.11. The van der Waals surface area contributed by atoms with Crippen molar-refractivity contribution in [3.05, 3.63) is 0 Å². The fraction of sp³-hybridized carbons (Fsp3) is 0.846. The molecule has 6 heteroatoms. The van der Waals surface area contributed by atoms with E-state index in [0.29, 0.717) is 25.3 Å².